The number of carbonyl (C=O) groups is 2. The molecule has 8 heteroatoms. The van der Waals surface area contributed by atoms with Crippen molar-refractivity contribution >= 4 is 17.5 Å². The van der Waals surface area contributed by atoms with Crippen LogP contribution in [-0.2, 0) is 9.53 Å². The van der Waals surface area contributed by atoms with E-state index in [1.807, 2.05) is 24.8 Å². The van der Waals surface area contributed by atoms with Gasteiger partial charge < -0.3 is 14.5 Å². The number of rotatable bonds is 4. The fourth-order valence-electron chi connectivity index (χ4n) is 4.54. The minimum absolute atomic E-state index is 0.124. The summed E-state index contributed by atoms with van der Waals surface area (Å²) in [7, 11) is 1.65. The van der Waals surface area contributed by atoms with E-state index in [9.17, 15) is 9.59 Å². The van der Waals surface area contributed by atoms with Crippen LogP contribution in [0.4, 0.5) is 0 Å². The third-order valence-electron chi connectivity index (χ3n) is 5.98. The van der Waals surface area contributed by atoms with Gasteiger partial charge in [-0.2, -0.15) is 5.10 Å². The fraction of sp³-hybridized carbons (Fsp3) is 0.600. The molecule has 2 aromatic heterocycles. The molecule has 0 saturated carbocycles. The molecule has 150 valence electrons. The summed E-state index contributed by atoms with van der Waals surface area (Å²) < 4.78 is 6.83. The number of nitrogens with zero attached hydrogens (tertiary/aromatic N) is 5. The molecule has 4 rings (SSSR count). The summed E-state index contributed by atoms with van der Waals surface area (Å²) in [6, 6.07) is 3.68. The maximum absolute atomic E-state index is 13.1. The Morgan fingerprint density at radius 1 is 1.25 bits per heavy atom. The third kappa shape index (κ3) is 3.15. The average molecular weight is 385 g/mol. The highest BCUT2D eigenvalue weighted by atomic mass is 16.5. The van der Waals surface area contributed by atoms with Gasteiger partial charge in [0.25, 0.3) is 5.91 Å². The molecule has 2 saturated heterocycles. The highest BCUT2D eigenvalue weighted by Crippen LogP contribution is 2.40. The first-order valence-electron chi connectivity index (χ1n) is 9.85. The molecule has 2 fully saturated rings. The van der Waals surface area contributed by atoms with Crippen molar-refractivity contribution < 1.29 is 14.3 Å². The number of carbonyl (C=O) groups excluding carboxylic acids is 2. The summed E-state index contributed by atoms with van der Waals surface area (Å²) in [5, 5.41) is 4.46. The second-order valence-electron chi connectivity index (χ2n) is 7.98. The predicted octanol–water partition coefficient (Wildman–Crippen LogP) is 1.45. The number of hydrogen-bond donors (Lipinski definition) is 0. The molecule has 0 radical (unpaired) electrons. The maximum Gasteiger partial charge on any atom is 0.274 e. The molecular formula is C20H27N5O3. The Bertz CT molecular complexity index is 924. The van der Waals surface area contributed by atoms with E-state index in [4.69, 9.17) is 4.74 Å². The Hall–Kier alpha value is -2.48. The van der Waals surface area contributed by atoms with Crippen molar-refractivity contribution in [1.29, 1.82) is 0 Å². The van der Waals surface area contributed by atoms with Crippen molar-refractivity contribution in [3.05, 3.63) is 29.2 Å². The summed E-state index contributed by atoms with van der Waals surface area (Å²) in [4.78, 5) is 34.3. The number of ether oxygens (including phenoxy) is 1. The van der Waals surface area contributed by atoms with Gasteiger partial charge in [0.2, 0.25) is 5.91 Å². The lowest BCUT2D eigenvalue weighted by atomic mass is 9.78. The quantitative estimate of drug-likeness (QED) is 0.796. The van der Waals surface area contributed by atoms with E-state index in [2.05, 4.69) is 10.1 Å². The molecule has 8 nitrogen and oxygen atoms in total. The normalized spacial score (nSPS) is 22.6. The van der Waals surface area contributed by atoms with E-state index in [1.165, 1.54) is 0 Å². The molecule has 0 aromatic carbocycles. The van der Waals surface area contributed by atoms with Gasteiger partial charge in [-0.15, -0.1) is 0 Å². The van der Waals surface area contributed by atoms with Gasteiger partial charge in [0.15, 0.2) is 11.3 Å². The maximum atomic E-state index is 13.1. The second kappa shape index (κ2) is 7.16. The number of fused-ring (bicyclic) bond motifs is 1. The Balaban J connectivity index is 1.53. The standard InChI is InChI=1S/C20H27N5O3/c1-14-11-15(2)25-17(21-14)12-16(22-25)18(26)24-8-6-20(13-24)5-4-7-23(19(20)27)9-10-28-3/h11-12H,4-10,13H2,1-3H3/t20-/m1/s1. The van der Waals surface area contributed by atoms with E-state index < -0.39 is 5.41 Å². The van der Waals surface area contributed by atoms with Crippen LogP contribution in [0.3, 0.4) is 0 Å². The van der Waals surface area contributed by atoms with Crippen LogP contribution in [0, 0.1) is 19.3 Å². The van der Waals surface area contributed by atoms with Crippen molar-refractivity contribution in [3.8, 4) is 0 Å². The zero-order valence-corrected chi connectivity index (χ0v) is 16.8. The van der Waals surface area contributed by atoms with Crippen molar-refractivity contribution in [2.45, 2.75) is 33.1 Å². The first kappa shape index (κ1) is 18.9. The summed E-state index contributed by atoms with van der Waals surface area (Å²) >= 11 is 0. The first-order valence-corrected chi connectivity index (χ1v) is 9.85. The highest BCUT2D eigenvalue weighted by molar-refractivity contribution is 5.94. The van der Waals surface area contributed by atoms with E-state index in [0.29, 0.717) is 44.0 Å². The molecule has 0 N–H and O–H groups in total. The summed E-state index contributed by atoms with van der Waals surface area (Å²) in [5.41, 5.74) is 2.45. The fourth-order valence-corrected chi connectivity index (χ4v) is 4.54. The largest absolute Gasteiger partial charge is 0.383 e. The lowest BCUT2D eigenvalue weighted by molar-refractivity contribution is -0.146. The van der Waals surface area contributed by atoms with E-state index in [0.717, 1.165) is 30.8 Å². The molecule has 2 aliphatic heterocycles. The predicted molar refractivity (Wildman–Crippen MR) is 103 cm³/mol. The monoisotopic (exact) mass is 385 g/mol. The lowest BCUT2D eigenvalue weighted by Crippen LogP contribution is -2.51. The second-order valence-corrected chi connectivity index (χ2v) is 7.98. The van der Waals surface area contributed by atoms with Crippen molar-refractivity contribution in [2.75, 3.05) is 39.9 Å². The molecule has 0 bridgehead atoms. The number of hydrogen-bond acceptors (Lipinski definition) is 5. The summed E-state index contributed by atoms with van der Waals surface area (Å²) in [6.07, 6.45) is 2.52. The van der Waals surface area contributed by atoms with Crippen LogP contribution in [0.15, 0.2) is 12.1 Å². The van der Waals surface area contributed by atoms with Crippen LogP contribution >= 0.6 is 0 Å². The minimum atomic E-state index is -0.453. The minimum Gasteiger partial charge on any atom is -0.383 e. The topological polar surface area (TPSA) is 80.0 Å². The van der Waals surface area contributed by atoms with Gasteiger partial charge >= 0.3 is 0 Å². The van der Waals surface area contributed by atoms with Gasteiger partial charge in [0.05, 0.1) is 12.0 Å². The van der Waals surface area contributed by atoms with Crippen LogP contribution in [0.5, 0.6) is 0 Å². The number of aromatic nitrogens is 3. The number of likely N-dealkylation sites (tertiary alicyclic amines) is 2. The molecule has 1 spiro atoms. The molecule has 28 heavy (non-hydrogen) atoms. The van der Waals surface area contributed by atoms with Gasteiger partial charge in [-0.25, -0.2) is 9.50 Å². The van der Waals surface area contributed by atoms with Gasteiger partial charge in [0, 0.05) is 50.7 Å². The SMILES string of the molecule is COCCN1CCC[C@]2(CCN(C(=O)c3cc4nc(C)cc(C)n4n3)C2)C1=O. The van der Waals surface area contributed by atoms with E-state index >= 15 is 0 Å². The third-order valence-corrected chi connectivity index (χ3v) is 5.98. The molecular weight excluding hydrogens is 358 g/mol. The zero-order chi connectivity index (χ0) is 19.9. The Labute approximate surface area is 164 Å². The van der Waals surface area contributed by atoms with E-state index in [1.54, 1.807) is 22.6 Å². The van der Waals surface area contributed by atoms with Crippen LogP contribution in [0.25, 0.3) is 5.65 Å². The van der Waals surface area contributed by atoms with Crippen molar-refractivity contribution in [3.63, 3.8) is 0 Å². The number of aryl methyl sites for hydroxylation is 2. The first-order chi connectivity index (χ1) is 13.4. The van der Waals surface area contributed by atoms with Gasteiger partial charge in [-0.3, -0.25) is 9.59 Å². The van der Waals surface area contributed by atoms with Crippen molar-refractivity contribution in [1.82, 2.24) is 24.4 Å². The number of amides is 2. The van der Waals surface area contributed by atoms with Crippen LogP contribution in [-0.4, -0.2) is 76.1 Å². The Kier molecular flexibility index (Phi) is 4.82. The van der Waals surface area contributed by atoms with Crippen molar-refractivity contribution in [2.24, 2.45) is 5.41 Å². The zero-order valence-electron chi connectivity index (χ0n) is 16.8. The summed E-state index contributed by atoms with van der Waals surface area (Å²) in [5.74, 6) is 0.0375. The van der Waals surface area contributed by atoms with Crippen LogP contribution in [0.2, 0.25) is 0 Å². The highest BCUT2D eigenvalue weighted by Gasteiger charge is 2.49. The average Bonchev–Trinajstić information content (AvgIpc) is 3.28. The molecule has 0 aliphatic carbocycles. The van der Waals surface area contributed by atoms with Gasteiger partial charge in [-0.05, 0) is 39.2 Å². The van der Waals surface area contributed by atoms with Gasteiger partial charge in [-0.1, -0.05) is 0 Å². The molecule has 0 unspecified atom stereocenters. The molecule has 4 heterocycles. The molecule has 2 aliphatic rings. The summed E-state index contributed by atoms with van der Waals surface area (Å²) in [6.45, 7) is 6.85. The smallest absolute Gasteiger partial charge is 0.274 e. The lowest BCUT2D eigenvalue weighted by Gasteiger charge is -2.39. The Morgan fingerprint density at radius 3 is 2.86 bits per heavy atom. The van der Waals surface area contributed by atoms with Crippen LogP contribution in [0.1, 0.15) is 41.1 Å². The van der Waals surface area contributed by atoms with Gasteiger partial charge in [0.1, 0.15) is 0 Å². The van der Waals surface area contributed by atoms with E-state index in [-0.39, 0.29) is 11.8 Å². The van der Waals surface area contributed by atoms with Crippen LogP contribution < -0.4 is 0 Å². The number of methoxy groups -OCH3 is 1. The molecule has 1 atom stereocenters. The molecule has 2 aromatic rings. The Morgan fingerprint density at radius 2 is 2.07 bits per heavy atom. The molecule has 2 amide bonds. The number of piperidine rings is 1.